The number of benzene rings is 2. The highest BCUT2D eigenvalue weighted by Gasteiger charge is 2.04. The average Bonchev–Trinajstić information content (AvgIpc) is 2.60. The van der Waals surface area contributed by atoms with Crippen LogP contribution >= 0.6 is 0 Å². The van der Waals surface area contributed by atoms with Gasteiger partial charge in [0.1, 0.15) is 0 Å². The molecule has 2 aromatic carbocycles. The number of ether oxygens (including phenoxy) is 1. The van der Waals surface area contributed by atoms with Crippen LogP contribution in [0.4, 0.5) is 0 Å². The quantitative estimate of drug-likeness (QED) is 0.333. The molecule has 0 atom stereocenters. The zero-order valence-electron chi connectivity index (χ0n) is 13.5. The lowest BCUT2D eigenvalue weighted by Crippen LogP contribution is -1.99. The van der Waals surface area contributed by atoms with Crippen molar-refractivity contribution in [3.63, 3.8) is 0 Å². The van der Waals surface area contributed by atoms with Crippen LogP contribution in [0.25, 0.3) is 0 Å². The lowest BCUT2D eigenvalue weighted by molar-refractivity contribution is 0.220. The van der Waals surface area contributed by atoms with E-state index in [-0.39, 0.29) is 49.3 Å². The van der Waals surface area contributed by atoms with Gasteiger partial charge >= 0.3 is 0 Å². The monoisotopic (exact) mass is 344 g/mol. The summed E-state index contributed by atoms with van der Waals surface area (Å²) in [6.07, 6.45) is 3.14. The van der Waals surface area contributed by atoms with Crippen LogP contribution in [0, 0.1) is 0 Å². The Hall–Kier alpha value is -3.06. The van der Waals surface area contributed by atoms with E-state index in [0.29, 0.717) is 11.1 Å². The van der Waals surface area contributed by atoms with Crippen LogP contribution in [0.5, 0.6) is 23.0 Å². The first-order chi connectivity index (χ1) is 12.1. The number of phenolic OH excluding ortho intramolecular Hbond substituents is 4. The highest BCUT2D eigenvalue weighted by atomic mass is 16.5. The molecule has 0 radical (unpaired) electrons. The molecule has 0 heterocycles. The van der Waals surface area contributed by atoms with Gasteiger partial charge in [0.05, 0.1) is 26.3 Å². The van der Waals surface area contributed by atoms with Gasteiger partial charge < -0.3 is 25.2 Å². The van der Waals surface area contributed by atoms with Gasteiger partial charge in [0.15, 0.2) is 23.0 Å². The minimum atomic E-state index is -0.169. The minimum absolute atomic E-state index is 0.164. The molecule has 0 unspecified atom stereocenters. The van der Waals surface area contributed by atoms with E-state index >= 15 is 0 Å². The van der Waals surface area contributed by atoms with Gasteiger partial charge in [0.2, 0.25) is 0 Å². The van der Waals surface area contributed by atoms with Crippen LogP contribution in [-0.4, -0.2) is 46.1 Å². The molecule has 2 rings (SSSR count). The molecule has 0 aliphatic carbocycles. The van der Waals surface area contributed by atoms with Gasteiger partial charge in [-0.25, -0.2) is 0 Å². The van der Waals surface area contributed by atoms with Crippen molar-refractivity contribution in [2.75, 3.05) is 13.2 Å². The second kappa shape index (κ2) is 9.29. The maximum atomic E-state index is 9.62. The lowest BCUT2D eigenvalue weighted by Gasteiger charge is -2.03. The molecule has 0 aliphatic rings. The maximum absolute atomic E-state index is 9.62. The fourth-order valence-corrected chi connectivity index (χ4v) is 2.02. The fourth-order valence-electron chi connectivity index (χ4n) is 2.02. The molecule has 2 aromatic rings. The molecular weight excluding hydrogens is 324 g/mol. The molecule has 0 aromatic heterocycles. The van der Waals surface area contributed by atoms with Gasteiger partial charge in [-0.1, -0.05) is 24.3 Å². The number of para-hydroxylation sites is 2. The van der Waals surface area contributed by atoms with Crippen LogP contribution in [0.3, 0.4) is 0 Å². The molecule has 0 spiro atoms. The smallest absolute Gasteiger partial charge is 0.162 e. The van der Waals surface area contributed by atoms with Crippen LogP contribution in [-0.2, 0) is 17.8 Å². The third-order valence-electron chi connectivity index (χ3n) is 3.36. The van der Waals surface area contributed by atoms with Gasteiger partial charge in [-0.2, -0.15) is 0 Å². The molecule has 132 valence electrons. The Balaban J connectivity index is 1.66. The highest BCUT2D eigenvalue weighted by molar-refractivity contribution is 5.61. The second-order valence-electron chi connectivity index (χ2n) is 5.15. The first-order valence-corrected chi connectivity index (χ1v) is 7.63. The Morgan fingerprint density at radius 2 is 1.16 bits per heavy atom. The summed E-state index contributed by atoms with van der Waals surface area (Å²) in [6.45, 7) is 1.05. The number of phenols is 4. The van der Waals surface area contributed by atoms with Gasteiger partial charge in [-0.3, -0.25) is 9.98 Å². The lowest BCUT2D eigenvalue weighted by atomic mass is 10.2. The van der Waals surface area contributed by atoms with E-state index in [4.69, 9.17) is 4.74 Å². The van der Waals surface area contributed by atoms with Gasteiger partial charge in [0, 0.05) is 23.6 Å². The van der Waals surface area contributed by atoms with Gasteiger partial charge in [-0.15, -0.1) is 0 Å². The summed E-state index contributed by atoms with van der Waals surface area (Å²) < 4.78 is 5.30. The largest absolute Gasteiger partial charge is 0.504 e. The van der Waals surface area contributed by atoms with E-state index in [2.05, 4.69) is 9.98 Å². The molecular formula is C18H20N2O5. The van der Waals surface area contributed by atoms with E-state index in [1.54, 1.807) is 36.7 Å². The van der Waals surface area contributed by atoms with Crippen LogP contribution in [0.2, 0.25) is 0 Å². The Morgan fingerprint density at radius 1 is 0.720 bits per heavy atom. The summed E-state index contributed by atoms with van der Waals surface area (Å²) in [6, 6.07) is 9.44. The Morgan fingerprint density at radius 3 is 1.60 bits per heavy atom. The van der Waals surface area contributed by atoms with Crippen LogP contribution < -0.4 is 0 Å². The third-order valence-corrected chi connectivity index (χ3v) is 3.36. The average molecular weight is 344 g/mol. The Kier molecular flexibility index (Phi) is 6.79. The third kappa shape index (κ3) is 5.50. The van der Waals surface area contributed by atoms with Crippen molar-refractivity contribution < 1.29 is 25.2 Å². The number of hydrogen-bond donors (Lipinski definition) is 4. The zero-order valence-corrected chi connectivity index (χ0v) is 13.5. The Bertz CT molecular complexity index is 696. The molecule has 0 saturated heterocycles. The predicted molar refractivity (Wildman–Crippen MR) is 94.8 cm³/mol. The fraction of sp³-hybridized carbons (Fsp3) is 0.222. The minimum Gasteiger partial charge on any atom is -0.504 e. The SMILES string of the molecule is Oc1cccc(CN=CCOCC=NCc2cccc(O)c2O)c1O. The summed E-state index contributed by atoms with van der Waals surface area (Å²) in [5.74, 6) is -0.665. The van der Waals surface area contributed by atoms with Crippen LogP contribution in [0.15, 0.2) is 46.4 Å². The van der Waals surface area contributed by atoms with Crippen LogP contribution in [0.1, 0.15) is 11.1 Å². The van der Waals surface area contributed by atoms with E-state index in [1.807, 2.05) is 0 Å². The van der Waals surface area contributed by atoms with E-state index in [1.165, 1.54) is 12.1 Å². The summed E-state index contributed by atoms with van der Waals surface area (Å²) in [5.41, 5.74) is 1.06. The number of rotatable bonds is 8. The van der Waals surface area contributed by atoms with Crippen molar-refractivity contribution in [1.82, 2.24) is 0 Å². The number of nitrogens with zero attached hydrogens (tertiary/aromatic N) is 2. The van der Waals surface area contributed by atoms with Crippen molar-refractivity contribution in [2.45, 2.75) is 13.1 Å². The predicted octanol–water partition coefficient (Wildman–Crippen LogP) is 2.37. The van der Waals surface area contributed by atoms with Crippen molar-refractivity contribution in [2.24, 2.45) is 9.98 Å². The number of aromatic hydroxyl groups is 4. The normalized spacial score (nSPS) is 11.5. The number of hydrogen-bond acceptors (Lipinski definition) is 7. The topological polar surface area (TPSA) is 115 Å². The Labute approximate surface area is 145 Å². The zero-order chi connectivity index (χ0) is 18.1. The van der Waals surface area contributed by atoms with Crippen molar-refractivity contribution >= 4 is 12.4 Å². The van der Waals surface area contributed by atoms with E-state index in [9.17, 15) is 20.4 Å². The maximum Gasteiger partial charge on any atom is 0.162 e. The number of aliphatic imine (C=N–C) groups is 2. The summed E-state index contributed by atoms with van der Waals surface area (Å²) >= 11 is 0. The highest BCUT2D eigenvalue weighted by Crippen LogP contribution is 2.29. The molecule has 0 amide bonds. The summed E-state index contributed by atoms with van der Waals surface area (Å²) in [4.78, 5) is 8.21. The van der Waals surface area contributed by atoms with Gasteiger partial charge in [0.25, 0.3) is 0 Å². The molecule has 4 N–H and O–H groups in total. The molecule has 0 aliphatic heterocycles. The molecule has 7 nitrogen and oxygen atoms in total. The summed E-state index contributed by atoms with van der Waals surface area (Å²) in [5, 5.41) is 38.0. The van der Waals surface area contributed by atoms with Crippen molar-refractivity contribution in [1.29, 1.82) is 0 Å². The first-order valence-electron chi connectivity index (χ1n) is 7.63. The van der Waals surface area contributed by atoms with Crippen molar-refractivity contribution in [3.05, 3.63) is 47.5 Å². The van der Waals surface area contributed by atoms with Gasteiger partial charge in [-0.05, 0) is 12.1 Å². The van der Waals surface area contributed by atoms with E-state index < -0.39 is 0 Å². The van der Waals surface area contributed by atoms with Crippen molar-refractivity contribution in [3.8, 4) is 23.0 Å². The first kappa shape index (κ1) is 18.3. The van der Waals surface area contributed by atoms with E-state index in [0.717, 1.165) is 0 Å². The molecule has 25 heavy (non-hydrogen) atoms. The molecule has 0 saturated carbocycles. The summed E-state index contributed by atoms with van der Waals surface area (Å²) in [7, 11) is 0. The molecule has 7 heteroatoms. The standard InChI is InChI=1S/C18H20N2O5/c21-15-5-1-3-13(17(15)23)11-19-7-9-25-10-8-20-12-14-4-2-6-16(22)18(14)24/h1-8,21-24H,9-12H2. The second-order valence-corrected chi connectivity index (χ2v) is 5.15. The molecule has 0 bridgehead atoms. The molecule has 0 fully saturated rings.